The van der Waals surface area contributed by atoms with Crippen molar-refractivity contribution in [2.24, 2.45) is 0 Å². The lowest BCUT2D eigenvalue weighted by Gasteiger charge is -2.16. The number of amides is 1. The summed E-state index contributed by atoms with van der Waals surface area (Å²) < 4.78 is 5.28. The number of nitro groups is 1. The van der Waals surface area contributed by atoms with E-state index in [-0.39, 0.29) is 17.6 Å². The van der Waals surface area contributed by atoms with Gasteiger partial charge in [-0.3, -0.25) is 14.9 Å². The van der Waals surface area contributed by atoms with Gasteiger partial charge in [0.25, 0.3) is 5.69 Å². The van der Waals surface area contributed by atoms with Crippen LogP contribution < -0.4 is 10.1 Å². The molecule has 124 valence electrons. The number of methoxy groups -OCH3 is 1. The van der Waals surface area contributed by atoms with Gasteiger partial charge in [0.1, 0.15) is 5.75 Å². The molecule has 0 saturated heterocycles. The largest absolute Gasteiger partial charge is 0.496 e. The molecule has 0 saturated carbocycles. The smallest absolute Gasteiger partial charge is 0.269 e. The first-order valence-corrected chi connectivity index (χ1v) is 7.37. The van der Waals surface area contributed by atoms with Gasteiger partial charge in [-0.2, -0.15) is 0 Å². The third-order valence-electron chi connectivity index (χ3n) is 3.50. The van der Waals surface area contributed by atoms with E-state index >= 15 is 0 Å². The van der Waals surface area contributed by atoms with Crippen LogP contribution in [0.2, 0.25) is 0 Å². The summed E-state index contributed by atoms with van der Waals surface area (Å²) in [4.78, 5) is 22.2. The van der Waals surface area contributed by atoms with E-state index < -0.39 is 4.92 Å². The molecule has 0 aliphatic carbocycles. The van der Waals surface area contributed by atoms with Crippen LogP contribution in [0.25, 0.3) is 6.08 Å². The number of non-ortho nitro benzene ring substituents is 1. The summed E-state index contributed by atoms with van der Waals surface area (Å²) in [6.45, 7) is 1.87. The molecular formula is C18H18N2O4. The van der Waals surface area contributed by atoms with Crippen LogP contribution in [-0.2, 0) is 4.79 Å². The maximum atomic E-state index is 12.0. The van der Waals surface area contributed by atoms with Gasteiger partial charge in [0.05, 0.1) is 18.1 Å². The molecule has 0 heterocycles. The zero-order chi connectivity index (χ0) is 17.5. The molecule has 0 aromatic heterocycles. The average molecular weight is 326 g/mol. The van der Waals surface area contributed by atoms with Crippen molar-refractivity contribution in [2.45, 2.75) is 13.0 Å². The lowest BCUT2D eigenvalue weighted by molar-refractivity contribution is -0.384. The fourth-order valence-electron chi connectivity index (χ4n) is 2.24. The third-order valence-corrected chi connectivity index (χ3v) is 3.50. The number of benzene rings is 2. The molecule has 0 radical (unpaired) electrons. The molecule has 2 aromatic rings. The summed E-state index contributed by atoms with van der Waals surface area (Å²) in [6, 6.07) is 13.2. The molecule has 24 heavy (non-hydrogen) atoms. The van der Waals surface area contributed by atoms with E-state index in [1.54, 1.807) is 25.3 Å². The van der Waals surface area contributed by atoms with Crippen molar-refractivity contribution in [1.29, 1.82) is 0 Å². The molecule has 1 N–H and O–H groups in total. The molecule has 2 rings (SSSR count). The number of nitrogens with one attached hydrogen (secondary N) is 1. The van der Waals surface area contributed by atoms with Crippen molar-refractivity contribution in [3.05, 3.63) is 75.8 Å². The molecular weight excluding hydrogens is 308 g/mol. The summed E-state index contributed by atoms with van der Waals surface area (Å²) in [7, 11) is 1.59. The van der Waals surface area contributed by atoms with Gasteiger partial charge in [0, 0.05) is 23.8 Å². The minimum atomic E-state index is -0.463. The number of carbonyl (C=O) groups excluding carboxylic acids is 1. The van der Waals surface area contributed by atoms with Crippen LogP contribution in [0.4, 0.5) is 5.69 Å². The molecule has 0 fully saturated rings. The Labute approximate surface area is 139 Å². The fraction of sp³-hybridized carbons (Fsp3) is 0.167. The van der Waals surface area contributed by atoms with Gasteiger partial charge < -0.3 is 10.1 Å². The first-order chi connectivity index (χ1) is 11.5. The van der Waals surface area contributed by atoms with E-state index in [9.17, 15) is 14.9 Å². The van der Waals surface area contributed by atoms with Crippen molar-refractivity contribution < 1.29 is 14.5 Å². The zero-order valence-electron chi connectivity index (χ0n) is 13.4. The number of nitrogens with zero attached hydrogens (tertiary/aromatic N) is 1. The average Bonchev–Trinajstić information content (AvgIpc) is 2.60. The van der Waals surface area contributed by atoms with E-state index in [4.69, 9.17) is 4.74 Å². The van der Waals surface area contributed by atoms with Crippen LogP contribution in [0.1, 0.15) is 24.1 Å². The minimum Gasteiger partial charge on any atom is -0.496 e. The predicted molar refractivity (Wildman–Crippen MR) is 91.7 cm³/mol. The van der Waals surface area contributed by atoms with Gasteiger partial charge in [0.15, 0.2) is 0 Å². The molecule has 0 aliphatic heterocycles. The highest BCUT2D eigenvalue weighted by molar-refractivity contribution is 5.92. The Balaban J connectivity index is 2.00. The summed E-state index contributed by atoms with van der Waals surface area (Å²) in [6.07, 6.45) is 3.00. The van der Waals surface area contributed by atoms with Gasteiger partial charge >= 0.3 is 0 Å². The number of nitro benzene ring substituents is 1. The highest BCUT2D eigenvalue weighted by Crippen LogP contribution is 2.24. The number of hydrogen-bond acceptors (Lipinski definition) is 4. The maximum absolute atomic E-state index is 12.0. The summed E-state index contributed by atoms with van der Waals surface area (Å²) >= 11 is 0. The summed E-state index contributed by atoms with van der Waals surface area (Å²) in [5.41, 5.74) is 1.61. The number of rotatable bonds is 6. The Morgan fingerprint density at radius 3 is 2.50 bits per heavy atom. The van der Waals surface area contributed by atoms with Crippen LogP contribution in [-0.4, -0.2) is 17.9 Å². The standard InChI is InChI=1S/C18H18N2O4/c1-13(16-5-3-4-6-17(16)24-2)19-18(21)12-9-14-7-10-15(11-8-14)20(22)23/h3-13H,1-2H3,(H,19,21)/b12-9+. The monoisotopic (exact) mass is 326 g/mol. The number of carbonyl (C=O) groups is 1. The Morgan fingerprint density at radius 2 is 1.88 bits per heavy atom. The molecule has 0 bridgehead atoms. The SMILES string of the molecule is COc1ccccc1C(C)NC(=O)/C=C/c1ccc([N+](=O)[O-])cc1. The number of hydrogen-bond donors (Lipinski definition) is 1. The Morgan fingerprint density at radius 1 is 1.21 bits per heavy atom. The molecule has 1 unspecified atom stereocenters. The van der Waals surface area contributed by atoms with Crippen LogP contribution in [0, 0.1) is 10.1 Å². The highest BCUT2D eigenvalue weighted by Gasteiger charge is 2.12. The minimum absolute atomic E-state index is 0.0152. The topological polar surface area (TPSA) is 81.5 Å². The van der Waals surface area contributed by atoms with Crippen molar-refractivity contribution in [3.8, 4) is 5.75 Å². The second-order valence-corrected chi connectivity index (χ2v) is 5.15. The van der Waals surface area contributed by atoms with Crippen molar-refractivity contribution >= 4 is 17.7 Å². The van der Waals surface area contributed by atoms with Crippen LogP contribution in [0.15, 0.2) is 54.6 Å². The van der Waals surface area contributed by atoms with Crippen LogP contribution >= 0.6 is 0 Å². The predicted octanol–water partition coefficient (Wildman–Crippen LogP) is 3.49. The van der Waals surface area contributed by atoms with Gasteiger partial charge in [-0.15, -0.1) is 0 Å². The van der Waals surface area contributed by atoms with Crippen molar-refractivity contribution in [3.63, 3.8) is 0 Å². The van der Waals surface area contributed by atoms with E-state index in [1.165, 1.54) is 18.2 Å². The highest BCUT2D eigenvalue weighted by atomic mass is 16.6. The Hall–Kier alpha value is -3.15. The van der Waals surface area contributed by atoms with E-state index in [1.807, 2.05) is 31.2 Å². The first-order valence-electron chi connectivity index (χ1n) is 7.37. The van der Waals surface area contributed by atoms with E-state index in [2.05, 4.69) is 5.32 Å². The number of ether oxygens (including phenoxy) is 1. The third kappa shape index (κ3) is 4.42. The fourth-order valence-corrected chi connectivity index (χ4v) is 2.24. The molecule has 6 nitrogen and oxygen atoms in total. The lowest BCUT2D eigenvalue weighted by atomic mass is 10.1. The van der Waals surface area contributed by atoms with Crippen molar-refractivity contribution in [1.82, 2.24) is 5.32 Å². The normalized spacial score (nSPS) is 11.9. The first kappa shape index (κ1) is 17.2. The van der Waals surface area contributed by atoms with Gasteiger partial charge in [-0.1, -0.05) is 18.2 Å². The molecule has 1 amide bonds. The summed E-state index contributed by atoms with van der Waals surface area (Å²) in [5, 5.41) is 13.5. The quantitative estimate of drug-likeness (QED) is 0.500. The summed E-state index contributed by atoms with van der Waals surface area (Å²) in [5.74, 6) is 0.455. The Kier molecular flexibility index (Phi) is 5.68. The van der Waals surface area contributed by atoms with Crippen LogP contribution in [0.5, 0.6) is 5.75 Å². The Bertz CT molecular complexity index is 754. The lowest BCUT2D eigenvalue weighted by Crippen LogP contribution is -2.24. The van der Waals surface area contributed by atoms with Gasteiger partial charge in [0.2, 0.25) is 5.91 Å². The molecule has 6 heteroatoms. The maximum Gasteiger partial charge on any atom is 0.269 e. The second kappa shape index (κ2) is 7.92. The van der Waals surface area contributed by atoms with E-state index in [0.717, 1.165) is 5.56 Å². The van der Waals surface area contributed by atoms with Crippen LogP contribution in [0.3, 0.4) is 0 Å². The molecule has 0 spiro atoms. The number of para-hydroxylation sites is 1. The second-order valence-electron chi connectivity index (χ2n) is 5.15. The molecule has 0 aliphatic rings. The zero-order valence-corrected chi connectivity index (χ0v) is 13.4. The van der Waals surface area contributed by atoms with Gasteiger partial charge in [-0.05, 0) is 36.8 Å². The molecule has 1 atom stereocenters. The van der Waals surface area contributed by atoms with E-state index in [0.29, 0.717) is 11.3 Å². The van der Waals surface area contributed by atoms with Gasteiger partial charge in [-0.25, -0.2) is 0 Å². The molecule has 2 aromatic carbocycles. The van der Waals surface area contributed by atoms with Crippen molar-refractivity contribution in [2.75, 3.05) is 7.11 Å².